The minimum absolute atomic E-state index is 0.640. The second-order valence-corrected chi connectivity index (χ2v) is 7.54. The Kier molecular flexibility index (Phi) is 7.67. The predicted octanol–water partition coefficient (Wildman–Crippen LogP) is 3.83. The van der Waals surface area contributed by atoms with Crippen molar-refractivity contribution in [1.29, 1.82) is 0 Å². The van der Waals surface area contributed by atoms with Crippen molar-refractivity contribution in [1.82, 2.24) is 0 Å². The van der Waals surface area contributed by atoms with Gasteiger partial charge in [0.25, 0.3) is 0 Å². The van der Waals surface area contributed by atoms with Crippen LogP contribution in [0.15, 0.2) is 48.5 Å². The summed E-state index contributed by atoms with van der Waals surface area (Å²) in [7, 11) is 6.14. The number of hydrogen-bond acceptors (Lipinski definition) is 7. The van der Waals surface area contributed by atoms with E-state index in [0.717, 1.165) is 11.4 Å². The standard InChI is InChI=1S/C23H32N2O6/c1-21(20(26)27,16-8-12-18(13-9-16)24-22(2,28-4)29-5)17-10-14-19(15-11-17)25-23(3,30-6)31-7/h8-15,24-25H,1-7H3,(H,26,27). The fraction of sp³-hybridized carbons (Fsp3) is 0.435. The van der Waals surface area contributed by atoms with Crippen LogP contribution in [0, 0.1) is 0 Å². The first kappa shape index (κ1) is 24.6. The highest BCUT2D eigenvalue weighted by Crippen LogP contribution is 2.34. The average Bonchev–Trinajstić information content (AvgIpc) is 2.79. The molecule has 0 aliphatic rings. The van der Waals surface area contributed by atoms with Crippen LogP contribution in [0.1, 0.15) is 31.9 Å². The Morgan fingerprint density at radius 2 is 0.968 bits per heavy atom. The maximum absolute atomic E-state index is 12.3. The molecule has 0 spiro atoms. The Hall–Kier alpha value is -2.65. The van der Waals surface area contributed by atoms with Gasteiger partial charge >= 0.3 is 5.97 Å². The highest BCUT2D eigenvalue weighted by Gasteiger charge is 2.37. The molecule has 0 aromatic heterocycles. The number of carbonyl (C=O) groups is 1. The van der Waals surface area contributed by atoms with Crippen molar-refractivity contribution < 1.29 is 28.8 Å². The highest BCUT2D eigenvalue weighted by molar-refractivity contribution is 5.85. The molecular weight excluding hydrogens is 400 g/mol. The lowest BCUT2D eigenvalue weighted by atomic mass is 9.76. The Bertz CT molecular complexity index is 795. The van der Waals surface area contributed by atoms with Gasteiger partial charge in [0.15, 0.2) is 0 Å². The second kappa shape index (κ2) is 9.65. The van der Waals surface area contributed by atoms with Crippen molar-refractivity contribution in [3.8, 4) is 0 Å². The zero-order valence-electron chi connectivity index (χ0n) is 19.1. The predicted molar refractivity (Wildman–Crippen MR) is 119 cm³/mol. The average molecular weight is 433 g/mol. The zero-order valence-corrected chi connectivity index (χ0v) is 19.1. The van der Waals surface area contributed by atoms with Gasteiger partial charge in [0.05, 0.1) is 0 Å². The normalized spacial score (nSPS) is 12.5. The van der Waals surface area contributed by atoms with Crippen molar-refractivity contribution in [2.45, 2.75) is 38.0 Å². The van der Waals surface area contributed by atoms with E-state index in [0.29, 0.717) is 11.1 Å². The number of ether oxygens (including phenoxy) is 4. The van der Waals surface area contributed by atoms with Crippen LogP contribution in [0.3, 0.4) is 0 Å². The number of methoxy groups -OCH3 is 4. The molecule has 2 aromatic carbocycles. The van der Waals surface area contributed by atoms with E-state index < -0.39 is 23.2 Å². The Morgan fingerprint density at radius 3 is 1.19 bits per heavy atom. The molecule has 0 heterocycles. The van der Waals surface area contributed by atoms with E-state index in [9.17, 15) is 9.90 Å². The van der Waals surface area contributed by atoms with E-state index in [1.165, 1.54) is 28.4 Å². The molecule has 2 rings (SSSR count). The summed E-state index contributed by atoms with van der Waals surface area (Å²) in [5, 5.41) is 16.3. The van der Waals surface area contributed by atoms with Crippen LogP contribution >= 0.6 is 0 Å². The van der Waals surface area contributed by atoms with Gasteiger partial charge in [-0.15, -0.1) is 0 Å². The lowest BCUT2D eigenvalue weighted by molar-refractivity contribution is -0.171. The number of nitrogens with one attached hydrogen (secondary N) is 2. The molecule has 0 bridgehead atoms. The van der Waals surface area contributed by atoms with Crippen molar-refractivity contribution in [2.75, 3.05) is 39.1 Å². The molecule has 2 aromatic rings. The summed E-state index contributed by atoms with van der Waals surface area (Å²) < 4.78 is 21.2. The molecule has 0 saturated heterocycles. The number of hydrogen-bond donors (Lipinski definition) is 3. The SMILES string of the molecule is COC(C)(Nc1ccc(C(C)(C(=O)O)c2ccc(NC(C)(OC)OC)cc2)cc1)OC. The minimum Gasteiger partial charge on any atom is -0.480 e. The van der Waals surface area contributed by atoms with Crippen molar-refractivity contribution in [3.05, 3.63) is 59.7 Å². The summed E-state index contributed by atoms with van der Waals surface area (Å²) in [5.41, 5.74) is 1.51. The minimum atomic E-state index is -1.24. The molecule has 0 aliphatic heterocycles. The van der Waals surface area contributed by atoms with Gasteiger partial charge < -0.3 is 34.7 Å². The second-order valence-electron chi connectivity index (χ2n) is 7.54. The molecule has 0 atom stereocenters. The van der Waals surface area contributed by atoms with Gasteiger partial charge in [-0.05, 0) is 42.3 Å². The Balaban J connectivity index is 2.32. The van der Waals surface area contributed by atoms with Crippen LogP contribution in [0.2, 0.25) is 0 Å². The first-order valence-corrected chi connectivity index (χ1v) is 9.77. The molecule has 3 N–H and O–H groups in total. The number of aliphatic carboxylic acids is 1. The van der Waals surface area contributed by atoms with Crippen molar-refractivity contribution >= 4 is 17.3 Å². The van der Waals surface area contributed by atoms with Gasteiger partial charge in [0, 0.05) is 53.7 Å². The number of benzene rings is 2. The van der Waals surface area contributed by atoms with Crippen LogP contribution in [-0.4, -0.2) is 51.3 Å². The lowest BCUT2D eigenvalue weighted by Crippen LogP contribution is -2.39. The van der Waals surface area contributed by atoms with Crippen LogP contribution in [0.5, 0.6) is 0 Å². The number of carboxylic acid groups (broad SMARTS) is 1. The molecule has 0 radical (unpaired) electrons. The lowest BCUT2D eigenvalue weighted by Gasteiger charge is -2.30. The third kappa shape index (κ3) is 5.34. The summed E-state index contributed by atoms with van der Waals surface area (Å²) in [6.45, 7) is 5.18. The Labute approximate surface area is 183 Å². The van der Waals surface area contributed by atoms with Crippen LogP contribution in [-0.2, 0) is 29.2 Å². The topological polar surface area (TPSA) is 98.3 Å². The number of carboxylic acids is 1. The van der Waals surface area contributed by atoms with Gasteiger partial charge in [-0.1, -0.05) is 24.3 Å². The molecule has 0 fully saturated rings. The summed E-state index contributed by atoms with van der Waals surface area (Å²) in [6, 6.07) is 14.3. The molecule has 0 aliphatic carbocycles. The monoisotopic (exact) mass is 432 g/mol. The first-order valence-electron chi connectivity index (χ1n) is 9.77. The van der Waals surface area contributed by atoms with Crippen LogP contribution in [0.25, 0.3) is 0 Å². The summed E-state index contributed by atoms with van der Waals surface area (Å²) in [5.74, 6) is -2.93. The molecule has 31 heavy (non-hydrogen) atoms. The van der Waals surface area contributed by atoms with E-state index in [4.69, 9.17) is 18.9 Å². The van der Waals surface area contributed by atoms with Crippen molar-refractivity contribution in [2.24, 2.45) is 0 Å². The van der Waals surface area contributed by atoms with E-state index in [1.54, 1.807) is 69.3 Å². The van der Waals surface area contributed by atoms with Crippen LogP contribution < -0.4 is 10.6 Å². The smallest absolute Gasteiger partial charge is 0.318 e. The van der Waals surface area contributed by atoms with Gasteiger partial charge in [-0.25, -0.2) is 0 Å². The van der Waals surface area contributed by atoms with E-state index in [2.05, 4.69) is 10.6 Å². The fourth-order valence-electron chi connectivity index (χ4n) is 3.08. The van der Waals surface area contributed by atoms with Gasteiger partial charge in [0.2, 0.25) is 11.8 Å². The van der Waals surface area contributed by atoms with Crippen LogP contribution in [0.4, 0.5) is 11.4 Å². The van der Waals surface area contributed by atoms with E-state index >= 15 is 0 Å². The number of anilines is 2. The molecule has 0 saturated carbocycles. The largest absolute Gasteiger partial charge is 0.480 e. The quantitative estimate of drug-likeness (QED) is 0.461. The fourth-order valence-corrected chi connectivity index (χ4v) is 3.08. The highest BCUT2D eigenvalue weighted by atomic mass is 16.7. The van der Waals surface area contributed by atoms with Gasteiger partial charge in [-0.3, -0.25) is 4.79 Å². The molecular formula is C23H32N2O6. The van der Waals surface area contributed by atoms with E-state index in [-0.39, 0.29) is 0 Å². The third-order valence-electron chi connectivity index (χ3n) is 5.65. The van der Waals surface area contributed by atoms with Crippen molar-refractivity contribution in [3.63, 3.8) is 0 Å². The zero-order chi connectivity index (χ0) is 23.3. The van der Waals surface area contributed by atoms with E-state index in [1.807, 2.05) is 0 Å². The molecule has 0 unspecified atom stereocenters. The molecule has 8 nitrogen and oxygen atoms in total. The number of rotatable bonds is 11. The summed E-state index contributed by atoms with van der Waals surface area (Å²) in [4.78, 5) is 12.3. The van der Waals surface area contributed by atoms with Gasteiger partial charge in [0.1, 0.15) is 5.41 Å². The molecule has 8 heteroatoms. The Morgan fingerprint density at radius 1 is 0.677 bits per heavy atom. The summed E-state index contributed by atoms with van der Waals surface area (Å²) in [6.07, 6.45) is 0. The van der Waals surface area contributed by atoms with Gasteiger partial charge in [-0.2, -0.15) is 0 Å². The maximum atomic E-state index is 12.3. The summed E-state index contributed by atoms with van der Waals surface area (Å²) >= 11 is 0. The molecule has 170 valence electrons. The molecule has 0 amide bonds. The first-order chi connectivity index (χ1) is 14.6. The third-order valence-corrected chi connectivity index (χ3v) is 5.65. The maximum Gasteiger partial charge on any atom is 0.318 e.